The zero-order chi connectivity index (χ0) is 10.3. The van der Waals surface area contributed by atoms with Crippen molar-refractivity contribution in [3.8, 4) is 0 Å². The lowest BCUT2D eigenvalue weighted by molar-refractivity contribution is 0.453. The van der Waals surface area contributed by atoms with Gasteiger partial charge in [-0.3, -0.25) is 4.98 Å². The molecule has 0 aliphatic carbocycles. The summed E-state index contributed by atoms with van der Waals surface area (Å²) in [7, 11) is 0. The van der Waals surface area contributed by atoms with Crippen molar-refractivity contribution in [2.45, 2.75) is 6.92 Å². The lowest BCUT2D eigenvalue weighted by Gasteiger charge is -2.02. The van der Waals surface area contributed by atoms with Crippen molar-refractivity contribution in [1.29, 1.82) is 0 Å². The molecule has 0 amide bonds. The van der Waals surface area contributed by atoms with Crippen molar-refractivity contribution >= 4 is 10.8 Å². The second kappa shape index (κ2) is 2.97. The monoisotopic (exact) mass is 197 g/mol. The number of aromatic nitrogens is 1. The molecule has 1 aromatic heterocycles. The number of aryl methyl sites for hydroxylation is 1. The first-order chi connectivity index (χ1) is 6.59. The minimum Gasteiger partial charge on any atom is -0.261 e. The van der Waals surface area contributed by atoms with Crippen LogP contribution in [0.2, 0.25) is 0 Å². The van der Waals surface area contributed by atoms with Gasteiger partial charge >= 0.3 is 0 Å². The maximum absolute atomic E-state index is 13.1. The molecule has 14 heavy (non-hydrogen) atoms. The largest absolute Gasteiger partial charge is 0.261 e. The topological polar surface area (TPSA) is 12.9 Å². The lowest BCUT2D eigenvalue weighted by atomic mass is 10.1. The summed E-state index contributed by atoms with van der Waals surface area (Å²) in [5, 5.41) is 0.309. The Morgan fingerprint density at radius 3 is 2.50 bits per heavy atom. The van der Waals surface area contributed by atoms with Crippen molar-refractivity contribution < 1.29 is 13.2 Å². The fourth-order valence-corrected chi connectivity index (χ4v) is 1.31. The number of hydrogen-bond donors (Lipinski definition) is 0. The van der Waals surface area contributed by atoms with Crippen LogP contribution in [0.1, 0.15) is 5.69 Å². The molecule has 0 aliphatic heterocycles. The van der Waals surface area contributed by atoms with Gasteiger partial charge in [-0.25, -0.2) is 13.2 Å². The van der Waals surface area contributed by atoms with Gasteiger partial charge in [0.2, 0.25) is 0 Å². The first kappa shape index (κ1) is 8.99. The average molecular weight is 197 g/mol. The van der Waals surface area contributed by atoms with Gasteiger partial charge in [0.05, 0.1) is 0 Å². The Labute approximate surface area is 78.2 Å². The van der Waals surface area contributed by atoms with Crippen molar-refractivity contribution in [3.63, 3.8) is 0 Å². The minimum atomic E-state index is -1.46. The van der Waals surface area contributed by atoms with Gasteiger partial charge in [0.15, 0.2) is 17.5 Å². The van der Waals surface area contributed by atoms with Crippen LogP contribution in [0.15, 0.2) is 18.3 Å². The molecule has 0 unspecified atom stereocenters. The first-order valence-electron chi connectivity index (χ1n) is 3.99. The summed E-state index contributed by atoms with van der Waals surface area (Å²) in [6.45, 7) is 1.69. The highest BCUT2D eigenvalue weighted by atomic mass is 19.2. The highest BCUT2D eigenvalue weighted by Gasteiger charge is 2.13. The molecule has 0 spiro atoms. The molecule has 2 rings (SSSR count). The van der Waals surface area contributed by atoms with E-state index in [4.69, 9.17) is 0 Å². The van der Waals surface area contributed by atoms with Gasteiger partial charge in [0.25, 0.3) is 0 Å². The predicted octanol–water partition coefficient (Wildman–Crippen LogP) is 2.96. The highest BCUT2D eigenvalue weighted by Crippen LogP contribution is 2.22. The third kappa shape index (κ3) is 1.23. The van der Waals surface area contributed by atoms with E-state index >= 15 is 0 Å². The molecule has 0 saturated heterocycles. The molecule has 0 saturated carbocycles. The van der Waals surface area contributed by atoms with Crippen LogP contribution in [0.4, 0.5) is 13.2 Å². The second-order valence-corrected chi connectivity index (χ2v) is 3.03. The van der Waals surface area contributed by atoms with Gasteiger partial charge in [-0.2, -0.15) is 0 Å². The standard InChI is InChI=1S/C10H6F3N/c1-5-2-6-3-8(11)10(13)9(12)7(6)4-14-5/h2-4H,1H3. The lowest BCUT2D eigenvalue weighted by Crippen LogP contribution is -1.93. The number of rotatable bonds is 0. The van der Waals surface area contributed by atoms with E-state index in [1.807, 2.05) is 0 Å². The van der Waals surface area contributed by atoms with E-state index in [1.165, 1.54) is 12.3 Å². The van der Waals surface area contributed by atoms with Crippen LogP contribution in [-0.4, -0.2) is 4.98 Å². The number of benzene rings is 1. The number of pyridine rings is 1. The van der Waals surface area contributed by atoms with Crippen LogP contribution >= 0.6 is 0 Å². The normalized spacial score (nSPS) is 10.9. The van der Waals surface area contributed by atoms with E-state index < -0.39 is 17.5 Å². The van der Waals surface area contributed by atoms with E-state index in [-0.39, 0.29) is 5.39 Å². The second-order valence-electron chi connectivity index (χ2n) is 3.03. The molecule has 1 aromatic carbocycles. The fraction of sp³-hybridized carbons (Fsp3) is 0.100. The maximum atomic E-state index is 13.1. The van der Waals surface area contributed by atoms with Crippen molar-refractivity contribution in [3.05, 3.63) is 41.5 Å². The Morgan fingerprint density at radius 1 is 1.07 bits per heavy atom. The Hall–Kier alpha value is -1.58. The van der Waals surface area contributed by atoms with Crippen LogP contribution in [0.25, 0.3) is 10.8 Å². The smallest absolute Gasteiger partial charge is 0.195 e. The quantitative estimate of drug-likeness (QED) is 0.591. The summed E-state index contributed by atoms with van der Waals surface area (Å²) in [5.74, 6) is -3.82. The SMILES string of the molecule is Cc1cc2cc(F)c(F)c(F)c2cn1. The summed E-state index contributed by atoms with van der Waals surface area (Å²) in [4.78, 5) is 3.81. The number of fused-ring (bicyclic) bond motifs is 1. The Bertz CT molecular complexity index is 508. The summed E-state index contributed by atoms with van der Waals surface area (Å²) in [5.41, 5.74) is 0.628. The first-order valence-corrected chi connectivity index (χ1v) is 3.99. The molecule has 0 radical (unpaired) electrons. The Morgan fingerprint density at radius 2 is 1.79 bits per heavy atom. The van der Waals surface area contributed by atoms with Crippen molar-refractivity contribution in [2.24, 2.45) is 0 Å². The van der Waals surface area contributed by atoms with E-state index in [1.54, 1.807) is 6.92 Å². The van der Waals surface area contributed by atoms with Gasteiger partial charge in [-0.15, -0.1) is 0 Å². The predicted molar refractivity (Wildman–Crippen MR) is 46.4 cm³/mol. The van der Waals surface area contributed by atoms with Gasteiger partial charge in [0, 0.05) is 17.3 Å². The molecule has 0 aliphatic rings. The number of hydrogen-bond acceptors (Lipinski definition) is 1. The Kier molecular flexibility index (Phi) is 1.91. The molecule has 1 heterocycles. The molecule has 4 heteroatoms. The minimum absolute atomic E-state index is 0.00509. The summed E-state index contributed by atoms with van der Waals surface area (Å²) in [6, 6.07) is 2.46. The average Bonchev–Trinajstić information content (AvgIpc) is 2.14. The molecular formula is C10H6F3N. The summed E-state index contributed by atoms with van der Waals surface area (Å²) < 4.78 is 38.7. The summed E-state index contributed by atoms with van der Waals surface area (Å²) >= 11 is 0. The molecule has 0 bridgehead atoms. The third-order valence-electron chi connectivity index (χ3n) is 1.99. The fourth-order valence-electron chi connectivity index (χ4n) is 1.31. The van der Waals surface area contributed by atoms with E-state index in [9.17, 15) is 13.2 Å². The number of halogens is 3. The molecule has 2 aromatic rings. The van der Waals surface area contributed by atoms with Crippen LogP contribution in [-0.2, 0) is 0 Å². The van der Waals surface area contributed by atoms with Gasteiger partial charge < -0.3 is 0 Å². The maximum Gasteiger partial charge on any atom is 0.195 e. The van der Waals surface area contributed by atoms with Gasteiger partial charge in [0.1, 0.15) is 0 Å². The third-order valence-corrected chi connectivity index (χ3v) is 1.99. The molecular weight excluding hydrogens is 191 g/mol. The zero-order valence-electron chi connectivity index (χ0n) is 7.31. The molecule has 0 atom stereocenters. The highest BCUT2D eigenvalue weighted by molar-refractivity contribution is 5.82. The van der Waals surface area contributed by atoms with Crippen molar-refractivity contribution in [1.82, 2.24) is 4.98 Å². The molecule has 1 nitrogen and oxygen atoms in total. The van der Waals surface area contributed by atoms with Gasteiger partial charge in [-0.05, 0) is 24.4 Å². The van der Waals surface area contributed by atoms with Crippen LogP contribution in [0.5, 0.6) is 0 Å². The molecule has 0 N–H and O–H groups in total. The van der Waals surface area contributed by atoms with Gasteiger partial charge in [-0.1, -0.05) is 0 Å². The van der Waals surface area contributed by atoms with E-state index in [0.717, 1.165) is 6.07 Å². The van der Waals surface area contributed by atoms with Crippen molar-refractivity contribution in [2.75, 3.05) is 0 Å². The Balaban J connectivity index is 2.91. The summed E-state index contributed by atoms with van der Waals surface area (Å²) in [6.07, 6.45) is 1.20. The molecule has 72 valence electrons. The van der Waals surface area contributed by atoms with E-state index in [2.05, 4.69) is 4.98 Å². The zero-order valence-corrected chi connectivity index (χ0v) is 7.31. The van der Waals surface area contributed by atoms with Crippen LogP contribution in [0, 0.1) is 24.4 Å². The van der Waals surface area contributed by atoms with Crippen LogP contribution in [0.3, 0.4) is 0 Å². The van der Waals surface area contributed by atoms with Crippen LogP contribution < -0.4 is 0 Å². The number of nitrogens with zero attached hydrogens (tertiary/aromatic N) is 1. The molecule has 0 fully saturated rings. The van der Waals surface area contributed by atoms with E-state index in [0.29, 0.717) is 11.1 Å².